The number of amides is 1. The lowest BCUT2D eigenvalue weighted by molar-refractivity contribution is 0.0958. The number of rotatable bonds is 5. The van der Waals surface area contributed by atoms with Crippen LogP contribution in [-0.2, 0) is 6.54 Å². The summed E-state index contributed by atoms with van der Waals surface area (Å²) in [6.07, 6.45) is 1.97. The van der Waals surface area contributed by atoms with E-state index in [1.54, 1.807) is 0 Å². The maximum absolute atomic E-state index is 13.6. The monoisotopic (exact) mass is 398 g/mol. The van der Waals surface area contributed by atoms with Crippen molar-refractivity contribution in [1.29, 1.82) is 0 Å². The molecule has 4 rings (SSSR count). The zero-order chi connectivity index (χ0) is 20.9. The van der Waals surface area contributed by atoms with Crippen LogP contribution in [0.5, 0.6) is 0 Å². The Kier molecular flexibility index (Phi) is 6.29. The zero-order valence-electron chi connectivity index (χ0n) is 17.9. The first kappa shape index (κ1) is 20.4. The fraction of sp³-hybridized carbons (Fsp3) is 0.296. The number of anilines is 1. The van der Waals surface area contributed by atoms with Crippen LogP contribution in [0.3, 0.4) is 0 Å². The van der Waals surface area contributed by atoms with Gasteiger partial charge in [0.05, 0.1) is 0 Å². The van der Waals surface area contributed by atoms with E-state index in [9.17, 15) is 4.79 Å². The summed E-state index contributed by atoms with van der Waals surface area (Å²) in [5.41, 5.74) is 5.43. The van der Waals surface area contributed by atoms with E-state index in [2.05, 4.69) is 66.4 Å². The molecular weight excluding hydrogens is 368 g/mol. The highest BCUT2D eigenvalue weighted by Crippen LogP contribution is 2.27. The summed E-state index contributed by atoms with van der Waals surface area (Å²) in [6, 6.07) is 27.1. The molecular formula is C27H30N2O. The van der Waals surface area contributed by atoms with Gasteiger partial charge in [-0.15, -0.1) is 0 Å². The lowest BCUT2D eigenvalue weighted by Gasteiger charge is -2.38. The minimum atomic E-state index is 0.101. The van der Waals surface area contributed by atoms with Crippen molar-refractivity contribution in [3.8, 4) is 0 Å². The third-order valence-corrected chi connectivity index (χ3v) is 5.97. The fourth-order valence-electron chi connectivity index (χ4n) is 4.29. The molecule has 30 heavy (non-hydrogen) atoms. The minimum absolute atomic E-state index is 0.101. The van der Waals surface area contributed by atoms with Crippen LogP contribution in [0.25, 0.3) is 0 Å². The molecule has 0 aliphatic carbocycles. The minimum Gasteiger partial charge on any atom is -0.305 e. The van der Waals surface area contributed by atoms with Gasteiger partial charge in [-0.25, -0.2) is 0 Å². The number of carbonyl (C=O) groups excluding carboxylic acids is 1. The van der Waals surface area contributed by atoms with Crippen LogP contribution in [0.1, 0.15) is 39.9 Å². The third kappa shape index (κ3) is 4.80. The van der Waals surface area contributed by atoms with Gasteiger partial charge in [-0.2, -0.15) is 0 Å². The maximum Gasteiger partial charge on any atom is 0.258 e. The SMILES string of the molecule is Cc1ccc(N(C(=O)c2cccc(C)c2)C2CCN(Cc3ccccc3)CC2)cc1. The summed E-state index contributed by atoms with van der Waals surface area (Å²) in [5.74, 6) is 0.101. The highest BCUT2D eigenvalue weighted by Gasteiger charge is 2.30. The number of carbonyl (C=O) groups is 1. The van der Waals surface area contributed by atoms with E-state index in [1.165, 1.54) is 11.1 Å². The molecule has 0 unspecified atom stereocenters. The van der Waals surface area contributed by atoms with Gasteiger partial charge in [0, 0.05) is 36.9 Å². The molecule has 1 saturated heterocycles. The Morgan fingerprint density at radius 1 is 0.867 bits per heavy atom. The second-order valence-corrected chi connectivity index (χ2v) is 8.37. The Morgan fingerprint density at radius 2 is 1.57 bits per heavy atom. The number of likely N-dealkylation sites (tertiary alicyclic amines) is 1. The van der Waals surface area contributed by atoms with Gasteiger partial charge in [-0.05, 0) is 56.5 Å². The van der Waals surface area contributed by atoms with Crippen molar-refractivity contribution >= 4 is 11.6 Å². The van der Waals surface area contributed by atoms with Gasteiger partial charge < -0.3 is 4.90 Å². The number of nitrogens with zero attached hydrogens (tertiary/aromatic N) is 2. The average Bonchev–Trinajstić information content (AvgIpc) is 2.77. The first-order valence-corrected chi connectivity index (χ1v) is 10.8. The molecule has 0 saturated carbocycles. The third-order valence-electron chi connectivity index (χ3n) is 5.97. The molecule has 0 aromatic heterocycles. The Hall–Kier alpha value is -2.91. The van der Waals surface area contributed by atoms with E-state index in [0.29, 0.717) is 0 Å². The standard InChI is InChI=1S/C27H30N2O/c1-21-11-13-25(14-12-21)29(27(30)24-10-6-7-22(2)19-24)26-15-17-28(18-16-26)20-23-8-4-3-5-9-23/h3-14,19,26H,15-18,20H2,1-2H3. The highest BCUT2D eigenvalue weighted by atomic mass is 16.2. The first-order valence-electron chi connectivity index (χ1n) is 10.8. The predicted molar refractivity (Wildman–Crippen MR) is 124 cm³/mol. The van der Waals surface area contributed by atoms with E-state index in [1.807, 2.05) is 36.1 Å². The number of aryl methyl sites for hydroxylation is 2. The van der Waals surface area contributed by atoms with Crippen LogP contribution in [0, 0.1) is 13.8 Å². The lowest BCUT2D eigenvalue weighted by atomic mass is 9.99. The Bertz CT molecular complexity index is 973. The Morgan fingerprint density at radius 3 is 2.23 bits per heavy atom. The van der Waals surface area contributed by atoms with Crippen molar-refractivity contribution in [3.05, 3.63) is 101 Å². The molecule has 0 N–H and O–H groups in total. The van der Waals surface area contributed by atoms with Gasteiger partial charge in [0.15, 0.2) is 0 Å². The number of benzene rings is 3. The molecule has 1 fully saturated rings. The van der Waals surface area contributed by atoms with E-state index >= 15 is 0 Å². The van der Waals surface area contributed by atoms with Gasteiger partial charge in [-0.1, -0.05) is 65.7 Å². The lowest BCUT2D eigenvalue weighted by Crippen LogP contribution is -2.47. The van der Waals surface area contributed by atoms with Gasteiger partial charge in [0.1, 0.15) is 0 Å². The Labute approximate surface area is 180 Å². The smallest absolute Gasteiger partial charge is 0.258 e. The first-order chi connectivity index (χ1) is 14.6. The molecule has 3 aromatic rings. The zero-order valence-corrected chi connectivity index (χ0v) is 17.9. The second-order valence-electron chi connectivity index (χ2n) is 8.37. The summed E-state index contributed by atoms with van der Waals surface area (Å²) < 4.78 is 0. The van der Waals surface area contributed by atoms with Gasteiger partial charge in [0.25, 0.3) is 5.91 Å². The molecule has 154 valence electrons. The summed E-state index contributed by atoms with van der Waals surface area (Å²) in [4.78, 5) is 18.1. The predicted octanol–water partition coefficient (Wildman–Crippen LogP) is 5.61. The van der Waals surface area contributed by atoms with Crippen LogP contribution in [0.2, 0.25) is 0 Å². The molecule has 3 heteroatoms. The average molecular weight is 399 g/mol. The van der Waals surface area contributed by atoms with Crippen molar-refractivity contribution in [2.75, 3.05) is 18.0 Å². The van der Waals surface area contributed by atoms with Crippen molar-refractivity contribution < 1.29 is 4.79 Å². The van der Waals surface area contributed by atoms with Gasteiger partial charge >= 0.3 is 0 Å². The molecule has 0 bridgehead atoms. The van der Waals surface area contributed by atoms with Crippen LogP contribution in [-0.4, -0.2) is 29.9 Å². The second kappa shape index (κ2) is 9.27. The van der Waals surface area contributed by atoms with Crippen LogP contribution in [0.15, 0.2) is 78.9 Å². The maximum atomic E-state index is 13.6. The molecule has 1 aliphatic heterocycles. The Balaban J connectivity index is 1.53. The quantitative estimate of drug-likeness (QED) is 0.557. The molecule has 0 atom stereocenters. The van der Waals surface area contributed by atoms with Crippen LogP contribution >= 0.6 is 0 Å². The fourth-order valence-corrected chi connectivity index (χ4v) is 4.29. The van der Waals surface area contributed by atoms with Crippen molar-refractivity contribution in [3.63, 3.8) is 0 Å². The van der Waals surface area contributed by atoms with Crippen LogP contribution < -0.4 is 4.90 Å². The molecule has 3 nitrogen and oxygen atoms in total. The normalized spacial score (nSPS) is 15.1. The largest absolute Gasteiger partial charge is 0.305 e. The van der Waals surface area contributed by atoms with E-state index in [0.717, 1.165) is 49.3 Å². The van der Waals surface area contributed by atoms with Crippen molar-refractivity contribution in [2.45, 2.75) is 39.3 Å². The van der Waals surface area contributed by atoms with Gasteiger partial charge in [-0.3, -0.25) is 9.69 Å². The number of piperidine rings is 1. The molecule has 1 amide bonds. The molecule has 1 aliphatic rings. The van der Waals surface area contributed by atoms with E-state index in [4.69, 9.17) is 0 Å². The number of hydrogen-bond acceptors (Lipinski definition) is 2. The summed E-state index contributed by atoms with van der Waals surface area (Å²) >= 11 is 0. The molecule has 0 radical (unpaired) electrons. The van der Waals surface area contributed by atoms with Crippen molar-refractivity contribution in [1.82, 2.24) is 4.90 Å². The van der Waals surface area contributed by atoms with Crippen LogP contribution in [0.4, 0.5) is 5.69 Å². The summed E-state index contributed by atoms with van der Waals surface area (Å²) in [5, 5.41) is 0. The van der Waals surface area contributed by atoms with Crippen molar-refractivity contribution in [2.24, 2.45) is 0 Å². The van der Waals surface area contributed by atoms with Gasteiger partial charge in [0.2, 0.25) is 0 Å². The topological polar surface area (TPSA) is 23.6 Å². The molecule has 3 aromatic carbocycles. The van der Waals surface area contributed by atoms with E-state index < -0.39 is 0 Å². The highest BCUT2D eigenvalue weighted by molar-refractivity contribution is 6.06. The van der Waals surface area contributed by atoms with E-state index in [-0.39, 0.29) is 11.9 Å². The summed E-state index contributed by atoms with van der Waals surface area (Å²) in [7, 11) is 0. The molecule has 0 spiro atoms. The molecule has 1 heterocycles. The number of hydrogen-bond donors (Lipinski definition) is 0. The summed E-state index contributed by atoms with van der Waals surface area (Å²) in [6.45, 7) is 7.10.